The van der Waals surface area contributed by atoms with Gasteiger partial charge in [-0.1, -0.05) is 36.4 Å². The summed E-state index contributed by atoms with van der Waals surface area (Å²) in [7, 11) is 0. The van der Waals surface area contributed by atoms with Crippen LogP contribution in [0, 0.1) is 11.3 Å². The SMILES string of the molecule is CC1(C)OC(=O)C(=Cc2cccc(-c3ccccc3C#N)c2)C(=O)O1. The fourth-order valence-corrected chi connectivity index (χ4v) is 2.57. The number of carbonyl (C=O) groups is 2. The number of ether oxygens (including phenoxy) is 2. The zero-order valence-corrected chi connectivity index (χ0v) is 13.8. The van der Waals surface area contributed by atoms with Gasteiger partial charge in [0.05, 0.1) is 11.6 Å². The molecule has 124 valence electrons. The monoisotopic (exact) mass is 333 g/mol. The molecule has 3 rings (SSSR count). The fourth-order valence-electron chi connectivity index (χ4n) is 2.57. The molecule has 0 spiro atoms. The lowest BCUT2D eigenvalue weighted by Crippen LogP contribution is -2.41. The van der Waals surface area contributed by atoms with E-state index in [0.29, 0.717) is 11.1 Å². The molecule has 1 heterocycles. The number of hydrogen-bond acceptors (Lipinski definition) is 5. The minimum atomic E-state index is -1.26. The molecule has 25 heavy (non-hydrogen) atoms. The first-order valence-electron chi connectivity index (χ1n) is 7.67. The third-order valence-electron chi connectivity index (χ3n) is 3.67. The molecule has 0 unspecified atom stereocenters. The molecule has 0 bridgehead atoms. The first-order chi connectivity index (χ1) is 11.9. The molecule has 1 saturated heterocycles. The van der Waals surface area contributed by atoms with Gasteiger partial charge in [0.25, 0.3) is 5.79 Å². The summed E-state index contributed by atoms with van der Waals surface area (Å²) < 4.78 is 10.2. The summed E-state index contributed by atoms with van der Waals surface area (Å²) >= 11 is 0. The van der Waals surface area contributed by atoms with Crippen molar-refractivity contribution in [2.75, 3.05) is 0 Å². The van der Waals surface area contributed by atoms with Gasteiger partial charge in [-0.3, -0.25) is 0 Å². The molecule has 0 radical (unpaired) electrons. The second-order valence-corrected chi connectivity index (χ2v) is 6.02. The highest BCUT2D eigenvalue weighted by atomic mass is 16.7. The van der Waals surface area contributed by atoms with Crippen LogP contribution in [0.4, 0.5) is 0 Å². The molecule has 1 aliphatic rings. The number of nitrogens with zero attached hydrogens (tertiary/aromatic N) is 1. The van der Waals surface area contributed by atoms with Crippen molar-refractivity contribution in [1.82, 2.24) is 0 Å². The Kier molecular flexibility index (Phi) is 4.12. The lowest BCUT2D eigenvalue weighted by atomic mass is 9.98. The molecule has 1 aliphatic heterocycles. The lowest BCUT2D eigenvalue weighted by molar-refractivity contribution is -0.222. The zero-order chi connectivity index (χ0) is 18.0. The van der Waals surface area contributed by atoms with E-state index in [4.69, 9.17) is 9.47 Å². The van der Waals surface area contributed by atoms with Crippen molar-refractivity contribution in [2.45, 2.75) is 19.6 Å². The van der Waals surface area contributed by atoms with Crippen molar-refractivity contribution in [1.29, 1.82) is 5.26 Å². The molecule has 0 amide bonds. The van der Waals surface area contributed by atoms with Crippen LogP contribution in [0.25, 0.3) is 17.2 Å². The number of nitriles is 1. The predicted octanol–water partition coefficient (Wildman–Crippen LogP) is 3.44. The minimum absolute atomic E-state index is 0.162. The molecular weight excluding hydrogens is 318 g/mol. The van der Waals surface area contributed by atoms with E-state index in [-0.39, 0.29) is 5.57 Å². The second kappa shape index (κ2) is 6.25. The van der Waals surface area contributed by atoms with Gasteiger partial charge in [-0.2, -0.15) is 5.26 Å². The van der Waals surface area contributed by atoms with Crippen molar-refractivity contribution in [2.24, 2.45) is 0 Å². The Morgan fingerprint density at radius 1 is 1.00 bits per heavy atom. The van der Waals surface area contributed by atoms with E-state index < -0.39 is 17.7 Å². The number of hydrogen-bond donors (Lipinski definition) is 0. The van der Waals surface area contributed by atoms with E-state index in [1.54, 1.807) is 30.3 Å². The Labute approximate surface area is 145 Å². The quantitative estimate of drug-likeness (QED) is 0.478. The predicted molar refractivity (Wildman–Crippen MR) is 90.8 cm³/mol. The molecule has 2 aromatic rings. The standard InChI is InChI=1S/C20H15NO4/c1-20(2)24-18(22)17(19(23)25-20)11-13-6-5-8-14(10-13)16-9-4-3-7-15(16)12-21/h3-11H,1-2H3. The van der Waals surface area contributed by atoms with Gasteiger partial charge in [-0.25, -0.2) is 9.59 Å². The average molecular weight is 333 g/mol. The highest BCUT2D eigenvalue weighted by molar-refractivity contribution is 6.18. The minimum Gasteiger partial charge on any atom is -0.419 e. The van der Waals surface area contributed by atoms with E-state index in [9.17, 15) is 14.9 Å². The van der Waals surface area contributed by atoms with Crippen LogP contribution in [0.15, 0.2) is 54.1 Å². The molecule has 0 N–H and O–H groups in total. The van der Waals surface area contributed by atoms with Gasteiger partial charge in [0.1, 0.15) is 5.57 Å². The number of cyclic esters (lactones) is 2. The average Bonchev–Trinajstić information content (AvgIpc) is 2.57. The molecule has 0 atom stereocenters. The van der Waals surface area contributed by atoms with Crippen LogP contribution in [0.3, 0.4) is 0 Å². The first-order valence-corrected chi connectivity index (χ1v) is 7.67. The largest absolute Gasteiger partial charge is 0.419 e. The Balaban J connectivity index is 1.99. The van der Waals surface area contributed by atoms with Gasteiger partial charge in [-0.05, 0) is 34.9 Å². The van der Waals surface area contributed by atoms with E-state index in [0.717, 1.165) is 11.1 Å². The number of benzene rings is 2. The molecular formula is C20H15NO4. The molecule has 0 saturated carbocycles. The molecule has 5 heteroatoms. The van der Waals surface area contributed by atoms with Gasteiger partial charge in [0.2, 0.25) is 0 Å². The maximum atomic E-state index is 12.0. The van der Waals surface area contributed by atoms with Gasteiger partial charge in [0, 0.05) is 13.8 Å². The highest BCUT2D eigenvalue weighted by Gasteiger charge is 2.38. The van der Waals surface area contributed by atoms with Crippen LogP contribution in [-0.2, 0) is 19.1 Å². The maximum Gasteiger partial charge on any atom is 0.348 e. The number of carbonyl (C=O) groups excluding carboxylic acids is 2. The van der Waals surface area contributed by atoms with Crippen LogP contribution >= 0.6 is 0 Å². The van der Waals surface area contributed by atoms with Crippen molar-refractivity contribution < 1.29 is 19.1 Å². The molecule has 0 aliphatic carbocycles. The lowest BCUT2D eigenvalue weighted by Gasteiger charge is -2.29. The third kappa shape index (κ3) is 3.43. The highest BCUT2D eigenvalue weighted by Crippen LogP contribution is 2.27. The Morgan fingerprint density at radius 2 is 1.68 bits per heavy atom. The fraction of sp³-hybridized carbons (Fsp3) is 0.150. The van der Waals surface area contributed by atoms with Gasteiger partial charge < -0.3 is 9.47 Å². The summed E-state index contributed by atoms with van der Waals surface area (Å²) in [5, 5.41) is 9.24. The zero-order valence-electron chi connectivity index (χ0n) is 13.8. The van der Waals surface area contributed by atoms with Gasteiger partial charge >= 0.3 is 11.9 Å². The van der Waals surface area contributed by atoms with Crippen molar-refractivity contribution >= 4 is 18.0 Å². The Morgan fingerprint density at radius 3 is 2.36 bits per heavy atom. The Bertz CT molecular complexity index is 913. The summed E-state index contributed by atoms with van der Waals surface area (Å²) in [5.41, 5.74) is 2.61. The molecule has 0 aromatic heterocycles. The normalized spacial score (nSPS) is 15.8. The van der Waals surface area contributed by atoms with E-state index >= 15 is 0 Å². The Hall–Kier alpha value is -3.39. The first kappa shape index (κ1) is 16.5. The van der Waals surface area contributed by atoms with Crippen LogP contribution in [0.5, 0.6) is 0 Å². The molecule has 5 nitrogen and oxygen atoms in total. The van der Waals surface area contributed by atoms with Crippen LogP contribution in [0.1, 0.15) is 25.0 Å². The van der Waals surface area contributed by atoms with Gasteiger partial charge in [-0.15, -0.1) is 0 Å². The van der Waals surface area contributed by atoms with E-state index in [1.807, 2.05) is 18.2 Å². The van der Waals surface area contributed by atoms with Crippen molar-refractivity contribution in [3.05, 3.63) is 65.2 Å². The molecule has 2 aromatic carbocycles. The van der Waals surface area contributed by atoms with Crippen LogP contribution in [0.2, 0.25) is 0 Å². The topological polar surface area (TPSA) is 76.4 Å². The maximum absolute atomic E-state index is 12.0. The van der Waals surface area contributed by atoms with E-state index in [1.165, 1.54) is 19.9 Å². The summed E-state index contributed by atoms with van der Waals surface area (Å²) in [6.07, 6.45) is 1.43. The summed E-state index contributed by atoms with van der Waals surface area (Å²) in [4.78, 5) is 24.1. The van der Waals surface area contributed by atoms with Crippen molar-refractivity contribution in [3.63, 3.8) is 0 Å². The third-order valence-corrected chi connectivity index (χ3v) is 3.67. The smallest absolute Gasteiger partial charge is 0.348 e. The summed E-state index contributed by atoms with van der Waals surface area (Å²) in [5.74, 6) is -2.70. The summed E-state index contributed by atoms with van der Waals surface area (Å²) in [6.45, 7) is 3.00. The number of esters is 2. The van der Waals surface area contributed by atoms with Crippen LogP contribution < -0.4 is 0 Å². The summed E-state index contributed by atoms with van der Waals surface area (Å²) in [6, 6.07) is 16.6. The van der Waals surface area contributed by atoms with Crippen molar-refractivity contribution in [3.8, 4) is 17.2 Å². The van der Waals surface area contributed by atoms with E-state index in [2.05, 4.69) is 6.07 Å². The van der Waals surface area contributed by atoms with Gasteiger partial charge in [0.15, 0.2) is 0 Å². The second-order valence-electron chi connectivity index (χ2n) is 6.02. The number of rotatable bonds is 2. The molecule has 1 fully saturated rings. The van der Waals surface area contributed by atoms with Crippen LogP contribution in [-0.4, -0.2) is 17.7 Å².